The van der Waals surface area contributed by atoms with E-state index in [0.717, 1.165) is 18.4 Å². The van der Waals surface area contributed by atoms with Crippen LogP contribution in [0.4, 0.5) is 5.69 Å². The first-order valence-electron chi connectivity index (χ1n) is 8.44. The monoisotopic (exact) mass is 481 g/mol. The number of benzene rings is 2. The molecular weight excluding hydrogens is 462 g/mol. The van der Waals surface area contributed by atoms with Gasteiger partial charge in [0.2, 0.25) is 5.91 Å². The summed E-state index contributed by atoms with van der Waals surface area (Å²) >= 11 is 7.00. The lowest BCUT2D eigenvalue weighted by molar-refractivity contribution is -0.115. The number of nitrogens with one attached hydrogen (secondary N) is 1. The highest BCUT2D eigenvalue weighted by molar-refractivity contribution is 9.12. The SMILES string of the molecule is CCCCOC(=O)c1ccc(NC(=O)[C@@H](Br)[C@H](Br)c2ccccc2)cc1. The van der Waals surface area contributed by atoms with Crippen molar-refractivity contribution in [2.45, 2.75) is 29.4 Å². The second kappa shape index (κ2) is 10.5. The number of alkyl halides is 2. The van der Waals surface area contributed by atoms with Crippen LogP contribution in [0, 0.1) is 0 Å². The summed E-state index contributed by atoms with van der Waals surface area (Å²) < 4.78 is 5.17. The molecule has 26 heavy (non-hydrogen) atoms. The first kappa shape index (κ1) is 20.6. The summed E-state index contributed by atoms with van der Waals surface area (Å²) in [4.78, 5) is 23.7. The van der Waals surface area contributed by atoms with Crippen LogP contribution in [0.1, 0.15) is 40.5 Å². The molecule has 6 heteroatoms. The Morgan fingerprint density at radius 1 is 1.04 bits per heavy atom. The van der Waals surface area contributed by atoms with Gasteiger partial charge < -0.3 is 10.1 Å². The van der Waals surface area contributed by atoms with Gasteiger partial charge in [-0.1, -0.05) is 75.5 Å². The van der Waals surface area contributed by atoms with E-state index in [1.165, 1.54) is 0 Å². The summed E-state index contributed by atoms with van der Waals surface area (Å²) in [6, 6.07) is 16.4. The highest BCUT2D eigenvalue weighted by Gasteiger charge is 2.25. The third-order valence-electron chi connectivity index (χ3n) is 3.74. The second-order valence-electron chi connectivity index (χ2n) is 5.77. The van der Waals surface area contributed by atoms with Gasteiger partial charge in [-0.05, 0) is 36.2 Å². The van der Waals surface area contributed by atoms with Crippen LogP contribution >= 0.6 is 31.9 Å². The number of hydrogen-bond acceptors (Lipinski definition) is 3. The first-order chi connectivity index (χ1) is 12.5. The molecular formula is C20H21Br2NO3. The number of carbonyl (C=O) groups is 2. The van der Waals surface area contributed by atoms with Crippen molar-refractivity contribution in [2.75, 3.05) is 11.9 Å². The smallest absolute Gasteiger partial charge is 0.338 e. The molecule has 4 nitrogen and oxygen atoms in total. The predicted molar refractivity (Wildman–Crippen MR) is 111 cm³/mol. The van der Waals surface area contributed by atoms with E-state index in [-0.39, 0.29) is 16.7 Å². The molecule has 0 saturated carbocycles. The minimum absolute atomic E-state index is 0.156. The number of ether oxygens (including phenoxy) is 1. The maximum absolute atomic E-state index is 12.4. The molecule has 0 spiro atoms. The summed E-state index contributed by atoms with van der Waals surface area (Å²) in [5, 5.41) is 2.84. The molecule has 0 fully saturated rings. The van der Waals surface area contributed by atoms with Crippen molar-refractivity contribution >= 4 is 49.4 Å². The van der Waals surface area contributed by atoms with Gasteiger partial charge >= 0.3 is 5.97 Å². The van der Waals surface area contributed by atoms with Gasteiger partial charge in [-0.25, -0.2) is 4.79 Å². The third-order valence-corrected chi connectivity index (χ3v) is 6.46. The highest BCUT2D eigenvalue weighted by Crippen LogP contribution is 2.31. The molecule has 0 saturated heterocycles. The van der Waals surface area contributed by atoms with Crippen molar-refractivity contribution < 1.29 is 14.3 Å². The molecule has 0 aliphatic heterocycles. The minimum Gasteiger partial charge on any atom is -0.462 e. The van der Waals surface area contributed by atoms with Gasteiger partial charge in [0.1, 0.15) is 4.83 Å². The summed E-state index contributed by atoms with van der Waals surface area (Å²) in [7, 11) is 0. The molecule has 2 aromatic carbocycles. The largest absolute Gasteiger partial charge is 0.462 e. The molecule has 2 atom stereocenters. The number of unbranched alkanes of at least 4 members (excludes halogenated alkanes) is 1. The Balaban J connectivity index is 1.93. The molecule has 2 aromatic rings. The average molecular weight is 483 g/mol. The summed E-state index contributed by atoms with van der Waals surface area (Å²) in [6.45, 7) is 2.46. The second-order valence-corrected chi connectivity index (χ2v) is 7.74. The fourth-order valence-corrected chi connectivity index (χ4v) is 3.20. The quantitative estimate of drug-likeness (QED) is 0.308. The minimum atomic E-state index is -0.441. The lowest BCUT2D eigenvalue weighted by Crippen LogP contribution is -2.26. The van der Waals surface area contributed by atoms with Crippen molar-refractivity contribution in [3.63, 3.8) is 0 Å². The lowest BCUT2D eigenvalue weighted by atomic mass is 10.1. The Morgan fingerprint density at radius 2 is 1.69 bits per heavy atom. The van der Waals surface area contributed by atoms with Crippen LogP contribution in [0.25, 0.3) is 0 Å². The molecule has 0 aliphatic rings. The van der Waals surface area contributed by atoms with Crippen LogP contribution in [-0.2, 0) is 9.53 Å². The van der Waals surface area contributed by atoms with Crippen molar-refractivity contribution in [2.24, 2.45) is 0 Å². The highest BCUT2D eigenvalue weighted by atomic mass is 79.9. The van der Waals surface area contributed by atoms with Gasteiger partial charge in [0, 0.05) is 5.69 Å². The normalized spacial score (nSPS) is 12.9. The Kier molecular flexibility index (Phi) is 8.32. The van der Waals surface area contributed by atoms with E-state index in [1.54, 1.807) is 24.3 Å². The lowest BCUT2D eigenvalue weighted by Gasteiger charge is -2.17. The van der Waals surface area contributed by atoms with Gasteiger partial charge in [0.05, 0.1) is 17.0 Å². The number of esters is 1. The van der Waals surface area contributed by atoms with Crippen LogP contribution in [-0.4, -0.2) is 23.3 Å². The summed E-state index contributed by atoms with van der Waals surface area (Å²) in [5.41, 5.74) is 2.10. The number of hydrogen-bond donors (Lipinski definition) is 1. The summed E-state index contributed by atoms with van der Waals surface area (Å²) in [5.74, 6) is -0.520. The van der Waals surface area contributed by atoms with Crippen LogP contribution in [0.15, 0.2) is 54.6 Å². The first-order valence-corrected chi connectivity index (χ1v) is 10.3. The zero-order valence-corrected chi connectivity index (χ0v) is 17.6. The molecule has 1 amide bonds. The molecule has 0 unspecified atom stereocenters. The molecule has 0 radical (unpaired) electrons. The average Bonchev–Trinajstić information content (AvgIpc) is 2.68. The van der Waals surface area contributed by atoms with Crippen molar-refractivity contribution in [3.8, 4) is 0 Å². The Bertz CT molecular complexity index is 720. The van der Waals surface area contributed by atoms with E-state index in [9.17, 15) is 9.59 Å². The standard InChI is InChI=1S/C20H21Br2NO3/c1-2-3-13-26-20(25)15-9-11-16(12-10-15)23-19(24)18(22)17(21)14-7-5-4-6-8-14/h4-12,17-18H,2-3,13H2,1H3,(H,23,24)/t17-,18+/m1/s1. The van der Waals surface area contributed by atoms with Crippen molar-refractivity contribution in [3.05, 3.63) is 65.7 Å². The van der Waals surface area contributed by atoms with E-state index >= 15 is 0 Å². The van der Waals surface area contributed by atoms with E-state index in [0.29, 0.717) is 17.9 Å². The Labute approximate surface area is 170 Å². The third kappa shape index (κ3) is 5.95. The maximum atomic E-state index is 12.4. The number of rotatable bonds is 8. The van der Waals surface area contributed by atoms with E-state index in [2.05, 4.69) is 37.2 Å². The van der Waals surface area contributed by atoms with Crippen LogP contribution in [0.2, 0.25) is 0 Å². The van der Waals surface area contributed by atoms with Gasteiger partial charge in [0.25, 0.3) is 0 Å². The molecule has 138 valence electrons. The molecule has 0 bridgehead atoms. The van der Waals surface area contributed by atoms with Crippen LogP contribution < -0.4 is 5.32 Å². The van der Waals surface area contributed by atoms with Gasteiger partial charge in [0.15, 0.2) is 0 Å². The van der Waals surface area contributed by atoms with Crippen molar-refractivity contribution in [1.82, 2.24) is 0 Å². The topological polar surface area (TPSA) is 55.4 Å². The van der Waals surface area contributed by atoms with Crippen LogP contribution in [0.3, 0.4) is 0 Å². The molecule has 1 N–H and O–H groups in total. The van der Waals surface area contributed by atoms with Gasteiger partial charge in [-0.3, -0.25) is 4.79 Å². The molecule has 0 aromatic heterocycles. The van der Waals surface area contributed by atoms with Gasteiger partial charge in [-0.15, -0.1) is 0 Å². The Hall–Kier alpha value is -1.66. The van der Waals surface area contributed by atoms with Gasteiger partial charge in [-0.2, -0.15) is 0 Å². The molecule has 2 rings (SSSR count). The predicted octanol–water partition coefficient (Wildman–Crippen LogP) is 5.48. The maximum Gasteiger partial charge on any atom is 0.338 e. The summed E-state index contributed by atoms with van der Waals surface area (Å²) in [6.07, 6.45) is 1.82. The molecule has 0 heterocycles. The molecule has 0 aliphatic carbocycles. The number of halogens is 2. The van der Waals surface area contributed by atoms with Crippen molar-refractivity contribution in [1.29, 1.82) is 0 Å². The van der Waals surface area contributed by atoms with E-state index in [1.807, 2.05) is 37.3 Å². The van der Waals surface area contributed by atoms with E-state index < -0.39 is 4.83 Å². The Morgan fingerprint density at radius 3 is 2.31 bits per heavy atom. The zero-order chi connectivity index (χ0) is 18.9. The number of amides is 1. The number of carbonyl (C=O) groups excluding carboxylic acids is 2. The fourth-order valence-electron chi connectivity index (χ4n) is 2.23. The fraction of sp³-hybridized carbons (Fsp3) is 0.300. The van der Waals surface area contributed by atoms with E-state index in [4.69, 9.17) is 4.74 Å². The van der Waals surface area contributed by atoms with Crippen LogP contribution in [0.5, 0.6) is 0 Å². The number of anilines is 1. The zero-order valence-electron chi connectivity index (χ0n) is 14.5.